The van der Waals surface area contributed by atoms with Gasteiger partial charge >= 0.3 is 0 Å². The molecule has 0 aliphatic carbocycles. The molecule has 118 valence electrons. The molecule has 1 N–H and O–H groups in total. The molecule has 0 fully saturated rings. The Labute approximate surface area is 146 Å². The van der Waals surface area contributed by atoms with Crippen molar-refractivity contribution in [2.45, 2.75) is 6.92 Å². The fourth-order valence-electron chi connectivity index (χ4n) is 2.80. The largest absolute Gasteiger partial charge is 0.319 e. The number of fused-ring (bicyclic) bond motifs is 2. The molecule has 5 nitrogen and oxygen atoms in total. The van der Waals surface area contributed by atoms with E-state index in [9.17, 15) is 4.79 Å². The third-order valence-electron chi connectivity index (χ3n) is 3.85. The Bertz CT molecular complexity index is 1080. The number of pyridine rings is 2. The van der Waals surface area contributed by atoms with Crippen LogP contribution in [0.1, 0.15) is 16.2 Å². The number of anilines is 1. The Morgan fingerprint density at radius 2 is 2.00 bits per heavy atom. The van der Waals surface area contributed by atoms with Crippen molar-refractivity contribution < 1.29 is 4.79 Å². The standard InChI is InChI=1S/C18H13BrN4O/c1-11-17(23-10-13(19)7-8-15(23)21-11)18(24)22-14-6-2-4-12-5-3-9-20-16(12)14/h2-10H,1H3,(H,22,24). The van der Waals surface area contributed by atoms with E-state index in [-0.39, 0.29) is 5.91 Å². The van der Waals surface area contributed by atoms with Crippen LogP contribution in [0.25, 0.3) is 16.6 Å². The summed E-state index contributed by atoms with van der Waals surface area (Å²) in [7, 11) is 0. The van der Waals surface area contributed by atoms with Gasteiger partial charge in [-0.1, -0.05) is 18.2 Å². The van der Waals surface area contributed by atoms with Crippen molar-refractivity contribution in [3.63, 3.8) is 0 Å². The maximum absolute atomic E-state index is 12.8. The minimum absolute atomic E-state index is 0.212. The first-order valence-electron chi connectivity index (χ1n) is 7.43. The van der Waals surface area contributed by atoms with E-state index >= 15 is 0 Å². The highest BCUT2D eigenvalue weighted by molar-refractivity contribution is 9.10. The summed E-state index contributed by atoms with van der Waals surface area (Å²) in [5.74, 6) is -0.212. The molecule has 6 heteroatoms. The van der Waals surface area contributed by atoms with Gasteiger partial charge in [-0.05, 0) is 47.1 Å². The lowest BCUT2D eigenvalue weighted by molar-refractivity contribution is 0.102. The van der Waals surface area contributed by atoms with E-state index in [4.69, 9.17) is 0 Å². The van der Waals surface area contributed by atoms with E-state index in [1.54, 1.807) is 10.6 Å². The molecule has 0 saturated carbocycles. The van der Waals surface area contributed by atoms with Gasteiger partial charge in [-0.15, -0.1) is 0 Å². The fourth-order valence-corrected chi connectivity index (χ4v) is 3.13. The number of nitrogens with zero attached hydrogens (tertiary/aromatic N) is 3. The number of imidazole rings is 1. The highest BCUT2D eigenvalue weighted by atomic mass is 79.9. The van der Waals surface area contributed by atoms with Crippen molar-refractivity contribution in [3.05, 3.63) is 70.7 Å². The van der Waals surface area contributed by atoms with Crippen molar-refractivity contribution in [1.82, 2.24) is 14.4 Å². The number of aryl methyl sites for hydroxylation is 1. The zero-order chi connectivity index (χ0) is 16.7. The minimum atomic E-state index is -0.212. The van der Waals surface area contributed by atoms with E-state index in [1.165, 1.54) is 0 Å². The predicted octanol–water partition coefficient (Wildman–Crippen LogP) is 4.21. The molecule has 0 spiro atoms. The van der Waals surface area contributed by atoms with Gasteiger partial charge in [-0.3, -0.25) is 14.2 Å². The minimum Gasteiger partial charge on any atom is -0.319 e. The molecule has 1 amide bonds. The summed E-state index contributed by atoms with van der Waals surface area (Å²) in [6.45, 7) is 1.83. The molecule has 0 atom stereocenters. The Balaban J connectivity index is 1.79. The lowest BCUT2D eigenvalue weighted by Crippen LogP contribution is -2.16. The van der Waals surface area contributed by atoms with Crippen molar-refractivity contribution in [1.29, 1.82) is 0 Å². The molecular weight excluding hydrogens is 368 g/mol. The number of benzene rings is 1. The van der Waals surface area contributed by atoms with Gasteiger partial charge in [0.15, 0.2) is 0 Å². The molecule has 3 heterocycles. The van der Waals surface area contributed by atoms with Gasteiger partial charge in [0.2, 0.25) is 0 Å². The summed E-state index contributed by atoms with van der Waals surface area (Å²) in [5, 5.41) is 3.94. The second-order valence-electron chi connectivity index (χ2n) is 5.46. The van der Waals surface area contributed by atoms with Gasteiger partial charge in [0.05, 0.1) is 16.9 Å². The summed E-state index contributed by atoms with van der Waals surface area (Å²) in [6.07, 6.45) is 3.56. The molecule has 3 aromatic heterocycles. The molecule has 4 rings (SSSR count). The summed E-state index contributed by atoms with van der Waals surface area (Å²) in [6, 6.07) is 13.3. The monoisotopic (exact) mass is 380 g/mol. The van der Waals surface area contributed by atoms with Crippen molar-refractivity contribution in [2.75, 3.05) is 5.32 Å². The van der Waals surface area contributed by atoms with E-state index in [0.29, 0.717) is 17.1 Å². The molecule has 4 aromatic rings. The van der Waals surface area contributed by atoms with Crippen LogP contribution < -0.4 is 5.32 Å². The molecular formula is C18H13BrN4O. The smallest absolute Gasteiger partial charge is 0.274 e. The van der Waals surface area contributed by atoms with Crippen molar-refractivity contribution in [2.24, 2.45) is 0 Å². The third-order valence-corrected chi connectivity index (χ3v) is 4.32. The van der Waals surface area contributed by atoms with Gasteiger partial charge in [0.25, 0.3) is 5.91 Å². The lowest BCUT2D eigenvalue weighted by atomic mass is 10.2. The topological polar surface area (TPSA) is 59.3 Å². The summed E-state index contributed by atoms with van der Waals surface area (Å²) >= 11 is 3.43. The third kappa shape index (κ3) is 2.45. The Morgan fingerprint density at radius 1 is 1.17 bits per heavy atom. The molecule has 1 aromatic carbocycles. The Hall–Kier alpha value is -2.73. The van der Waals surface area contributed by atoms with Crippen LogP contribution in [-0.4, -0.2) is 20.3 Å². The highest BCUT2D eigenvalue weighted by Crippen LogP contribution is 2.23. The van der Waals surface area contributed by atoms with Gasteiger partial charge in [0, 0.05) is 22.3 Å². The molecule has 0 unspecified atom stereocenters. The molecule has 24 heavy (non-hydrogen) atoms. The fraction of sp³-hybridized carbons (Fsp3) is 0.0556. The van der Waals surface area contributed by atoms with Crippen LogP contribution in [0.3, 0.4) is 0 Å². The molecule has 0 bridgehead atoms. The zero-order valence-electron chi connectivity index (χ0n) is 12.8. The number of hydrogen-bond donors (Lipinski definition) is 1. The summed E-state index contributed by atoms with van der Waals surface area (Å²) < 4.78 is 2.67. The Morgan fingerprint density at radius 3 is 2.88 bits per heavy atom. The number of nitrogens with one attached hydrogen (secondary N) is 1. The summed E-state index contributed by atoms with van der Waals surface area (Å²) in [4.78, 5) is 21.7. The maximum atomic E-state index is 12.8. The number of aromatic nitrogens is 3. The first-order valence-corrected chi connectivity index (χ1v) is 8.22. The number of halogens is 1. The van der Waals surface area contributed by atoms with Crippen LogP contribution in [0.15, 0.2) is 59.3 Å². The van der Waals surface area contributed by atoms with Crippen LogP contribution >= 0.6 is 15.9 Å². The van der Waals surface area contributed by atoms with E-state index in [1.807, 2.05) is 55.6 Å². The number of carbonyl (C=O) groups excluding carboxylic acids is 1. The van der Waals surface area contributed by atoms with Crippen LogP contribution in [-0.2, 0) is 0 Å². The lowest BCUT2D eigenvalue weighted by Gasteiger charge is -2.08. The SMILES string of the molecule is Cc1nc2ccc(Br)cn2c1C(=O)Nc1cccc2cccnc12. The molecule has 0 radical (unpaired) electrons. The van der Waals surface area contributed by atoms with Gasteiger partial charge in [-0.25, -0.2) is 4.98 Å². The van der Waals surface area contributed by atoms with Gasteiger partial charge in [0.1, 0.15) is 11.3 Å². The van der Waals surface area contributed by atoms with Gasteiger partial charge in [-0.2, -0.15) is 0 Å². The number of rotatable bonds is 2. The van der Waals surface area contributed by atoms with E-state index in [0.717, 1.165) is 21.0 Å². The van der Waals surface area contributed by atoms with E-state index in [2.05, 4.69) is 31.2 Å². The Kier molecular flexibility index (Phi) is 3.54. The van der Waals surface area contributed by atoms with Crippen molar-refractivity contribution >= 4 is 44.1 Å². The number of para-hydroxylation sites is 1. The number of amides is 1. The average molecular weight is 381 g/mol. The number of hydrogen-bond acceptors (Lipinski definition) is 3. The second kappa shape index (κ2) is 5.72. The highest BCUT2D eigenvalue weighted by Gasteiger charge is 2.17. The average Bonchev–Trinajstić information content (AvgIpc) is 2.90. The van der Waals surface area contributed by atoms with E-state index < -0.39 is 0 Å². The summed E-state index contributed by atoms with van der Waals surface area (Å²) in [5.41, 5.74) is 3.37. The maximum Gasteiger partial charge on any atom is 0.274 e. The van der Waals surface area contributed by atoms with Crippen LogP contribution in [0.2, 0.25) is 0 Å². The zero-order valence-corrected chi connectivity index (χ0v) is 14.4. The van der Waals surface area contributed by atoms with Crippen LogP contribution in [0.4, 0.5) is 5.69 Å². The normalized spacial score (nSPS) is 11.1. The first-order chi connectivity index (χ1) is 11.6. The van der Waals surface area contributed by atoms with Gasteiger partial charge < -0.3 is 5.32 Å². The second-order valence-corrected chi connectivity index (χ2v) is 6.37. The van der Waals surface area contributed by atoms with Crippen LogP contribution in [0.5, 0.6) is 0 Å². The number of carbonyl (C=O) groups is 1. The quantitative estimate of drug-likeness (QED) is 0.566. The molecule has 0 saturated heterocycles. The molecule has 0 aliphatic rings. The first kappa shape index (κ1) is 14.8. The van der Waals surface area contributed by atoms with Crippen molar-refractivity contribution in [3.8, 4) is 0 Å². The predicted molar refractivity (Wildman–Crippen MR) is 97.3 cm³/mol. The molecule has 0 aliphatic heterocycles. The van der Waals surface area contributed by atoms with Crippen LogP contribution in [0, 0.1) is 6.92 Å².